The minimum Gasteiger partial charge on any atom is -0.483 e. The molecule has 1 aromatic carbocycles. The highest BCUT2D eigenvalue weighted by Crippen LogP contribution is 2.23. The van der Waals surface area contributed by atoms with E-state index in [0.717, 1.165) is 27.3 Å². The second kappa shape index (κ2) is 7.99. The summed E-state index contributed by atoms with van der Waals surface area (Å²) in [5, 5.41) is 2.74. The molecule has 1 amide bonds. The third-order valence-corrected chi connectivity index (χ3v) is 6.90. The first-order valence-corrected chi connectivity index (χ1v) is 9.94. The van der Waals surface area contributed by atoms with Crippen LogP contribution in [0.4, 0.5) is 0 Å². The zero-order valence-corrected chi connectivity index (χ0v) is 16.3. The highest BCUT2D eigenvalue weighted by Gasteiger charge is 2.19. The molecule has 1 heterocycles. The number of carbonyl (C=O) groups is 1. The molecule has 0 atom stereocenters. The number of sulfonamides is 1. The zero-order chi connectivity index (χ0) is 18.6. The Hall–Kier alpha value is -1.90. The van der Waals surface area contributed by atoms with Crippen LogP contribution in [0.3, 0.4) is 0 Å². The van der Waals surface area contributed by atoms with Gasteiger partial charge in [0.25, 0.3) is 15.9 Å². The number of nitrogens with zero attached hydrogens (tertiary/aromatic N) is 1. The van der Waals surface area contributed by atoms with Crippen molar-refractivity contribution < 1.29 is 17.9 Å². The van der Waals surface area contributed by atoms with Crippen molar-refractivity contribution >= 4 is 27.3 Å². The van der Waals surface area contributed by atoms with Gasteiger partial charge in [-0.2, -0.15) is 0 Å². The molecule has 0 fully saturated rings. The number of aryl methyl sites for hydroxylation is 2. The highest BCUT2D eigenvalue weighted by atomic mass is 32.2. The number of amides is 1. The molecule has 6 nitrogen and oxygen atoms in total. The molecule has 2 aromatic rings. The highest BCUT2D eigenvalue weighted by molar-refractivity contribution is 7.91. The van der Waals surface area contributed by atoms with Crippen LogP contribution in [-0.4, -0.2) is 39.3 Å². The van der Waals surface area contributed by atoms with Crippen LogP contribution in [0.1, 0.15) is 16.0 Å². The Morgan fingerprint density at radius 2 is 1.92 bits per heavy atom. The second-order valence-electron chi connectivity index (χ2n) is 5.84. The largest absolute Gasteiger partial charge is 0.483 e. The van der Waals surface area contributed by atoms with Gasteiger partial charge in [-0.05, 0) is 43.2 Å². The molecule has 0 aliphatic rings. The maximum Gasteiger partial charge on any atom is 0.258 e. The van der Waals surface area contributed by atoms with E-state index in [0.29, 0.717) is 5.75 Å². The summed E-state index contributed by atoms with van der Waals surface area (Å²) in [6.07, 6.45) is 0. The first-order chi connectivity index (χ1) is 11.7. The minimum atomic E-state index is -3.44. The van der Waals surface area contributed by atoms with Crippen molar-refractivity contribution in [1.82, 2.24) is 9.62 Å². The van der Waals surface area contributed by atoms with E-state index in [2.05, 4.69) is 5.32 Å². The molecule has 2 rings (SSSR count). The molecule has 0 bridgehead atoms. The lowest BCUT2D eigenvalue weighted by Gasteiger charge is -2.10. The molecule has 0 unspecified atom stereocenters. The zero-order valence-electron chi connectivity index (χ0n) is 14.7. The van der Waals surface area contributed by atoms with E-state index < -0.39 is 10.0 Å². The summed E-state index contributed by atoms with van der Waals surface area (Å²) in [5.41, 5.74) is 2.03. The smallest absolute Gasteiger partial charge is 0.258 e. The summed E-state index contributed by atoms with van der Waals surface area (Å²) >= 11 is 1.14. The molecule has 25 heavy (non-hydrogen) atoms. The Balaban J connectivity index is 1.88. The summed E-state index contributed by atoms with van der Waals surface area (Å²) in [6, 6.07) is 9.07. The lowest BCUT2D eigenvalue weighted by molar-refractivity contribution is -0.123. The van der Waals surface area contributed by atoms with Crippen LogP contribution < -0.4 is 10.1 Å². The van der Waals surface area contributed by atoms with Crippen LogP contribution in [0.15, 0.2) is 34.5 Å². The molecular weight excluding hydrogens is 360 g/mol. The predicted octanol–water partition coefficient (Wildman–Crippen LogP) is 2.31. The second-order valence-corrected chi connectivity index (χ2v) is 9.39. The average Bonchev–Trinajstić information content (AvgIpc) is 3.03. The van der Waals surface area contributed by atoms with Gasteiger partial charge in [0.2, 0.25) is 0 Å². The van der Waals surface area contributed by atoms with Crippen molar-refractivity contribution in [1.29, 1.82) is 0 Å². The van der Waals surface area contributed by atoms with Crippen LogP contribution in [0, 0.1) is 13.8 Å². The Labute approximate surface area is 152 Å². The number of ether oxygens (including phenoxy) is 1. The molecule has 0 saturated heterocycles. The summed E-state index contributed by atoms with van der Waals surface area (Å²) in [6.45, 7) is 4.06. The van der Waals surface area contributed by atoms with E-state index in [1.54, 1.807) is 12.1 Å². The van der Waals surface area contributed by atoms with E-state index >= 15 is 0 Å². The van der Waals surface area contributed by atoms with Crippen LogP contribution in [0.25, 0.3) is 0 Å². The Kier molecular flexibility index (Phi) is 6.21. The van der Waals surface area contributed by atoms with E-state index in [-0.39, 0.29) is 23.3 Å². The lowest BCUT2D eigenvalue weighted by atomic mass is 10.1. The maximum absolute atomic E-state index is 12.0. The summed E-state index contributed by atoms with van der Waals surface area (Å²) in [7, 11) is -0.461. The van der Waals surface area contributed by atoms with Crippen LogP contribution >= 0.6 is 11.3 Å². The molecule has 1 aromatic heterocycles. The maximum atomic E-state index is 12.0. The number of hydrogen-bond acceptors (Lipinski definition) is 5. The van der Waals surface area contributed by atoms with Crippen LogP contribution in [0.2, 0.25) is 0 Å². The van der Waals surface area contributed by atoms with E-state index in [4.69, 9.17) is 4.74 Å². The summed E-state index contributed by atoms with van der Waals surface area (Å²) < 4.78 is 31.0. The van der Waals surface area contributed by atoms with Gasteiger partial charge in [-0.1, -0.05) is 12.1 Å². The normalized spacial score (nSPS) is 11.6. The number of rotatable bonds is 7. The third-order valence-electron chi connectivity index (χ3n) is 3.53. The van der Waals surface area contributed by atoms with Crippen molar-refractivity contribution in [2.45, 2.75) is 24.6 Å². The summed E-state index contributed by atoms with van der Waals surface area (Å²) in [5.74, 6) is 0.428. The van der Waals surface area contributed by atoms with Gasteiger partial charge in [-0.3, -0.25) is 4.79 Å². The standard InChI is InChI=1S/C17H22N2O4S2/c1-12-5-6-13(2)15(9-12)23-11-16(20)18-10-14-7-8-17(24-14)25(21,22)19(3)4/h5-9H,10-11H2,1-4H3,(H,18,20). The van der Waals surface area contributed by atoms with Crippen molar-refractivity contribution in [2.75, 3.05) is 20.7 Å². The van der Waals surface area contributed by atoms with Gasteiger partial charge in [-0.25, -0.2) is 12.7 Å². The van der Waals surface area contributed by atoms with Gasteiger partial charge in [-0.15, -0.1) is 11.3 Å². The van der Waals surface area contributed by atoms with E-state index in [1.807, 2.05) is 32.0 Å². The molecule has 0 aliphatic heterocycles. The molecule has 136 valence electrons. The van der Waals surface area contributed by atoms with Gasteiger partial charge in [0, 0.05) is 19.0 Å². The topological polar surface area (TPSA) is 75.7 Å². The lowest BCUT2D eigenvalue weighted by Crippen LogP contribution is -2.28. The predicted molar refractivity (Wildman–Crippen MR) is 98.4 cm³/mol. The third kappa shape index (κ3) is 5.04. The van der Waals surface area contributed by atoms with Crippen LogP contribution in [0.5, 0.6) is 5.75 Å². The molecule has 0 saturated carbocycles. The summed E-state index contributed by atoms with van der Waals surface area (Å²) in [4.78, 5) is 12.7. The number of carbonyl (C=O) groups excluding carboxylic acids is 1. The van der Waals surface area contributed by atoms with Crippen molar-refractivity contribution in [3.05, 3.63) is 46.3 Å². The fourth-order valence-electron chi connectivity index (χ4n) is 2.01. The van der Waals surface area contributed by atoms with Gasteiger partial charge in [0.05, 0.1) is 6.54 Å². The molecule has 0 radical (unpaired) electrons. The van der Waals surface area contributed by atoms with Crippen molar-refractivity contribution in [2.24, 2.45) is 0 Å². The SMILES string of the molecule is Cc1ccc(C)c(OCC(=O)NCc2ccc(S(=O)(=O)N(C)C)s2)c1. The molecule has 0 aliphatic carbocycles. The quantitative estimate of drug-likeness (QED) is 0.797. The minimum absolute atomic E-state index is 0.0848. The Bertz CT molecular complexity index is 857. The average molecular weight is 383 g/mol. The first kappa shape index (κ1) is 19.4. The van der Waals surface area contributed by atoms with E-state index in [9.17, 15) is 13.2 Å². The van der Waals surface area contributed by atoms with Crippen molar-refractivity contribution in [3.63, 3.8) is 0 Å². The van der Waals surface area contributed by atoms with Crippen LogP contribution in [-0.2, 0) is 21.4 Å². The number of nitrogens with one attached hydrogen (secondary N) is 1. The monoisotopic (exact) mass is 382 g/mol. The van der Waals surface area contributed by atoms with Gasteiger partial charge in [0.1, 0.15) is 9.96 Å². The first-order valence-electron chi connectivity index (χ1n) is 7.68. The molecular formula is C17H22N2O4S2. The fourth-order valence-corrected chi connectivity index (χ4v) is 4.48. The van der Waals surface area contributed by atoms with Gasteiger partial charge >= 0.3 is 0 Å². The van der Waals surface area contributed by atoms with Gasteiger partial charge in [0.15, 0.2) is 6.61 Å². The van der Waals surface area contributed by atoms with E-state index in [1.165, 1.54) is 18.4 Å². The number of hydrogen-bond donors (Lipinski definition) is 1. The Morgan fingerprint density at radius 1 is 1.20 bits per heavy atom. The molecule has 0 spiro atoms. The number of thiophene rings is 1. The van der Waals surface area contributed by atoms with Gasteiger partial charge < -0.3 is 10.1 Å². The van der Waals surface area contributed by atoms with Crippen molar-refractivity contribution in [3.8, 4) is 5.75 Å². The molecule has 1 N–H and O–H groups in total. The number of benzene rings is 1. The molecule has 8 heteroatoms. The fraction of sp³-hybridized carbons (Fsp3) is 0.353. The Morgan fingerprint density at radius 3 is 2.60 bits per heavy atom.